The maximum Gasteiger partial charge on any atom is 0.405 e. The van der Waals surface area contributed by atoms with Crippen molar-refractivity contribution in [3.05, 3.63) is 33.4 Å². The second-order valence-corrected chi connectivity index (χ2v) is 5.39. The van der Waals surface area contributed by atoms with Gasteiger partial charge in [0.15, 0.2) is 6.10 Å². The molecule has 21 heavy (non-hydrogen) atoms. The molecule has 8 heteroatoms. The van der Waals surface area contributed by atoms with Crippen LogP contribution in [0.4, 0.5) is 10.5 Å². The molecule has 1 aliphatic heterocycles. The molecule has 2 atom stereocenters. The fourth-order valence-corrected chi connectivity index (χ4v) is 2.37. The topological polar surface area (TPSA) is 125 Å². The second kappa shape index (κ2) is 4.88. The summed E-state index contributed by atoms with van der Waals surface area (Å²) in [6.07, 6.45) is -3.24. The molecule has 1 aromatic rings. The van der Waals surface area contributed by atoms with Crippen LogP contribution in [-0.4, -0.2) is 27.8 Å². The van der Waals surface area contributed by atoms with Gasteiger partial charge in [0.2, 0.25) is 0 Å². The molecule has 2 rings (SSSR count). The third-order valence-corrected chi connectivity index (χ3v) is 3.52. The summed E-state index contributed by atoms with van der Waals surface area (Å²) in [4.78, 5) is 21.5. The summed E-state index contributed by atoms with van der Waals surface area (Å²) < 4.78 is 10.6. The van der Waals surface area contributed by atoms with Crippen molar-refractivity contribution < 1.29 is 24.3 Å². The van der Waals surface area contributed by atoms with Gasteiger partial charge in [-0.05, 0) is 26.8 Å². The standard InChI is InChI=1S/C13H16N2O6/c1-6-8(15(18)19)5-4-7-9(6)21-13(2,3)11(16)10(7)20-12(14)17/h4-5,10-11,16H,1-3H3,(H2,14,17). The number of primary amides is 1. The maximum absolute atomic E-state index is 11.0. The summed E-state index contributed by atoms with van der Waals surface area (Å²) >= 11 is 0. The second-order valence-electron chi connectivity index (χ2n) is 5.39. The van der Waals surface area contributed by atoms with E-state index in [0.717, 1.165) is 0 Å². The smallest absolute Gasteiger partial charge is 0.405 e. The Kier molecular flexibility index (Phi) is 3.50. The number of amides is 1. The highest BCUT2D eigenvalue weighted by Crippen LogP contribution is 2.45. The molecule has 0 radical (unpaired) electrons. The average molecular weight is 296 g/mol. The highest BCUT2D eigenvalue weighted by molar-refractivity contribution is 5.66. The lowest BCUT2D eigenvalue weighted by Crippen LogP contribution is -2.50. The number of nitro benzene ring substituents is 1. The molecule has 0 bridgehead atoms. The van der Waals surface area contributed by atoms with Crippen molar-refractivity contribution in [2.24, 2.45) is 5.73 Å². The van der Waals surface area contributed by atoms with Gasteiger partial charge in [-0.1, -0.05) is 0 Å². The zero-order valence-corrected chi connectivity index (χ0v) is 11.8. The van der Waals surface area contributed by atoms with E-state index >= 15 is 0 Å². The normalized spacial score (nSPS) is 22.9. The number of aliphatic hydroxyl groups excluding tert-OH is 1. The largest absolute Gasteiger partial charge is 0.484 e. The third kappa shape index (κ3) is 2.49. The molecule has 8 nitrogen and oxygen atoms in total. The number of ether oxygens (including phenoxy) is 2. The summed E-state index contributed by atoms with van der Waals surface area (Å²) in [6, 6.07) is 2.67. The van der Waals surface area contributed by atoms with E-state index in [1.165, 1.54) is 19.1 Å². The van der Waals surface area contributed by atoms with Crippen LogP contribution in [0.25, 0.3) is 0 Å². The minimum absolute atomic E-state index is 0.112. The number of nitrogens with zero attached hydrogens (tertiary/aromatic N) is 1. The van der Waals surface area contributed by atoms with Gasteiger partial charge in [0.25, 0.3) is 5.69 Å². The van der Waals surface area contributed by atoms with Gasteiger partial charge in [-0.15, -0.1) is 0 Å². The Balaban J connectivity index is 2.61. The van der Waals surface area contributed by atoms with Crippen molar-refractivity contribution in [1.82, 2.24) is 0 Å². The van der Waals surface area contributed by atoms with Crippen LogP contribution < -0.4 is 10.5 Å². The predicted molar refractivity (Wildman–Crippen MR) is 72.0 cm³/mol. The van der Waals surface area contributed by atoms with Gasteiger partial charge in [0.1, 0.15) is 17.5 Å². The molecule has 0 fully saturated rings. The Hall–Kier alpha value is -2.35. The van der Waals surface area contributed by atoms with E-state index in [9.17, 15) is 20.0 Å². The summed E-state index contributed by atoms with van der Waals surface area (Å²) in [5.41, 5.74) is 4.48. The lowest BCUT2D eigenvalue weighted by molar-refractivity contribution is -0.385. The van der Waals surface area contributed by atoms with Crippen LogP contribution in [-0.2, 0) is 4.74 Å². The van der Waals surface area contributed by atoms with Gasteiger partial charge in [-0.3, -0.25) is 10.1 Å². The van der Waals surface area contributed by atoms with E-state index < -0.39 is 28.8 Å². The fraction of sp³-hybridized carbons (Fsp3) is 0.462. The van der Waals surface area contributed by atoms with Gasteiger partial charge >= 0.3 is 6.09 Å². The SMILES string of the molecule is Cc1c([N+](=O)[O-])ccc2c1OC(C)(C)C(O)C2OC(N)=O. The number of hydrogen-bond donors (Lipinski definition) is 2. The molecular weight excluding hydrogens is 280 g/mol. The van der Waals surface area contributed by atoms with E-state index in [4.69, 9.17) is 15.2 Å². The van der Waals surface area contributed by atoms with Crippen molar-refractivity contribution in [2.45, 2.75) is 38.6 Å². The molecule has 2 unspecified atom stereocenters. The molecule has 0 saturated heterocycles. The Bertz CT molecular complexity index is 613. The first-order valence-corrected chi connectivity index (χ1v) is 6.26. The van der Waals surface area contributed by atoms with Gasteiger partial charge < -0.3 is 20.3 Å². The van der Waals surface area contributed by atoms with Gasteiger partial charge in [0, 0.05) is 11.6 Å². The van der Waals surface area contributed by atoms with Crippen LogP contribution in [0.3, 0.4) is 0 Å². The third-order valence-electron chi connectivity index (χ3n) is 3.52. The Labute approximate surface area is 120 Å². The molecular formula is C13H16N2O6. The minimum Gasteiger partial charge on any atom is -0.484 e. The molecule has 0 saturated carbocycles. The van der Waals surface area contributed by atoms with Crippen LogP contribution in [0, 0.1) is 17.0 Å². The first kappa shape index (κ1) is 15.0. The first-order valence-electron chi connectivity index (χ1n) is 6.26. The number of carbonyl (C=O) groups is 1. The number of nitro groups is 1. The first-order chi connectivity index (χ1) is 9.65. The highest BCUT2D eigenvalue weighted by Gasteiger charge is 2.46. The van der Waals surface area contributed by atoms with Gasteiger partial charge in [-0.25, -0.2) is 4.79 Å². The monoisotopic (exact) mass is 296 g/mol. The molecule has 3 N–H and O–H groups in total. The van der Waals surface area contributed by atoms with Crippen LogP contribution in [0.2, 0.25) is 0 Å². The summed E-state index contributed by atoms with van der Waals surface area (Å²) in [5, 5.41) is 21.3. The number of rotatable bonds is 2. The Morgan fingerprint density at radius 3 is 2.67 bits per heavy atom. The van der Waals surface area contributed by atoms with E-state index in [1.54, 1.807) is 13.8 Å². The summed E-state index contributed by atoms with van der Waals surface area (Å²) in [6.45, 7) is 4.72. The molecule has 1 aliphatic rings. The zero-order chi connectivity index (χ0) is 15.9. The number of hydrogen-bond acceptors (Lipinski definition) is 6. The number of benzene rings is 1. The zero-order valence-electron chi connectivity index (χ0n) is 11.8. The highest BCUT2D eigenvalue weighted by atomic mass is 16.6. The fourth-order valence-electron chi connectivity index (χ4n) is 2.37. The number of carbonyl (C=O) groups excluding carboxylic acids is 1. The maximum atomic E-state index is 11.0. The number of aliphatic hydroxyl groups is 1. The summed E-state index contributed by atoms with van der Waals surface area (Å²) in [7, 11) is 0. The lowest BCUT2D eigenvalue weighted by Gasteiger charge is -2.41. The van der Waals surface area contributed by atoms with Crippen LogP contribution in [0.1, 0.15) is 31.1 Å². The van der Waals surface area contributed by atoms with Crippen molar-refractivity contribution >= 4 is 11.8 Å². The average Bonchev–Trinajstić information content (AvgIpc) is 2.35. The quantitative estimate of drug-likeness (QED) is 0.630. The van der Waals surface area contributed by atoms with Gasteiger partial charge in [-0.2, -0.15) is 0 Å². The van der Waals surface area contributed by atoms with Gasteiger partial charge in [0.05, 0.1) is 10.5 Å². The molecule has 1 aromatic carbocycles. The Morgan fingerprint density at radius 2 is 2.14 bits per heavy atom. The van der Waals surface area contributed by atoms with Crippen LogP contribution in [0.15, 0.2) is 12.1 Å². The van der Waals surface area contributed by atoms with Crippen LogP contribution >= 0.6 is 0 Å². The van der Waals surface area contributed by atoms with Crippen molar-refractivity contribution in [2.75, 3.05) is 0 Å². The minimum atomic E-state index is -1.15. The molecule has 0 spiro atoms. The van der Waals surface area contributed by atoms with Crippen molar-refractivity contribution in [1.29, 1.82) is 0 Å². The Morgan fingerprint density at radius 1 is 1.52 bits per heavy atom. The van der Waals surface area contributed by atoms with Crippen molar-refractivity contribution in [3.8, 4) is 5.75 Å². The molecule has 0 aliphatic carbocycles. The molecule has 1 amide bonds. The van der Waals surface area contributed by atoms with Crippen LogP contribution in [0.5, 0.6) is 5.75 Å². The molecule has 0 aromatic heterocycles. The molecule has 114 valence electrons. The summed E-state index contributed by atoms with van der Waals surface area (Å²) in [5.74, 6) is 0.228. The van der Waals surface area contributed by atoms with Crippen molar-refractivity contribution in [3.63, 3.8) is 0 Å². The number of fused-ring (bicyclic) bond motifs is 1. The van der Waals surface area contributed by atoms with E-state index in [0.29, 0.717) is 11.1 Å². The molecule has 1 heterocycles. The van der Waals surface area contributed by atoms with E-state index in [1.807, 2.05) is 0 Å². The predicted octanol–water partition coefficient (Wildman–Crippen LogP) is 1.57. The number of nitrogens with two attached hydrogens (primary N) is 1. The lowest BCUT2D eigenvalue weighted by atomic mass is 9.87. The van der Waals surface area contributed by atoms with E-state index in [2.05, 4.69) is 0 Å². The van der Waals surface area contributed by atoms with E-state index in [-0.39, 0.29) is 11.4 Å².